The summed E-state index contributed by atoms with van der Waals surface area (Å²) in [6, 6.07) is 10.1. The molecule has 0 bridgehead atoms. The molecular weight excluding hydrogens is 446 g/mol. The van der Waals surface area contributed by atoms with E-state index in [1.165, 1.54) is 5.57 Å². The van der Waals surface area contributed by atoms with Gasteiger partial charge in [-0.3, -0.25) is 0 Å². The highest BCUT2D eigenvalue weighted by Crippen LogP contribution is 2.37. The predicted molar refractivity (Wildman–Crippen MR) is 136 cm³/mol. The van der Waals surface area contributed by atoms with Crippen LogP contribution in [0.15, 0.2) is 40.3 Å². The van der Waals surface area contributed by atoms with Gasteiger partial charge >= 0.3 is 6.09 Å². The lowest BCUT2D eigenvalue weighted by Gasteiger charge is -2.35. The smallest absolute Gasteiger partial charge is 0.410 e. The van der Waals surface area contributed by atoms with Crippen LogP contribution in [-0.4, -0.2) is 48.2 Å². The summed E-state index contributed by atoms with van der Waals surface area (Å²) in [6.45, 7) is 18.2. The van der Waals surface area contributed by atoms with Crippen molar-refractivity contribution in [3.05, 3.63) is 53.2 Å². The molecule has 186 valence electrons. The van der Waals surface area contributed by atoms with Gasteiger partial charge in [-0.25, -0.2) is 4.79 Å². The normalized spacial score (nSPS) is 15.4. The summed E-state index contributed by atoms with van der Waals surface area (Å²) in [4.78, 5) is 14.3. The fourth-order valence-electron chi connectivity index (χ4n) is 3.49. The van der Waals surface area contributed by atoms with Crippen LogP contribution in [0.2, 0.25) is 18.1 Å². The fourth-order valence-corrected chi connectivity index (χ4v) is 4.41. The first-order valence-electron chi connectivity index (χ1n) is 12.0. The first kappa shape index (κ1) is 26.2. The number of carbonyl (C=O) groups is 1. The number of piperidine rings is 1. The molecular formula is C26H39N3O4Si. The molecule has 34 heavy (non-hydrogen) atoms. The molecule has 0 spiro atoms. The Labute approximate surface area is 204 Å². The Balaban J connectivity index is 1.81. The largest absolute Gasteiger partial charge is 0.444 e. The van der Waals surface area contributed by atoms with E-state index in [9.17, 15) is 4.79 Å². The molecule has 1 aliphatic heterocycles. The summed E-state index contributed by atoms with van der Waals surface area (Å²) in [6.07, 6.45) is 1.18. The van der Waals surface area contributed by atoms with Crippen LogP contribution in [0.3, 0.4) is 0 Å². The Bertz CT molecular complexity index is 1010. The van der Waals surface area contributed by atoms with E-state index < -0.39 is 13.9 Å². The molecule has 1 amide bonds. The number of aromatic nitrogens is 2. The molecule has 7 nitrogen and oxygen atoms in total. The second kappa shape index (κ2) is 10.0. The van der Waals surface area contributed by atoms with Crippen LogP contribution in [0.1, 0.15) is 71.7 Å². The van der Waals surface area contributed by atoms with Gasteiger partial charge in [-0.2, -0.15) is 0 Å². The Morgan fingerprint density at radius 2 is 1.65 bits per heavy atom. The van der Waals surface area contributed by atoms with Crippen LogP contribution < -0.4 is 0 Å². The van der Waals surface area contributed by atoms with Crippen molar-refractivity contribution >= 4 is 20.0 Å². The monoisotopic (exact) mass is 485 g/mol. The number of hydrogen-bond acceptors (Lipinski definition) is 6. The van der Waals surface area contributed by atoms with Gasteiger partial charge < -0.3 is 18.5 Å². The van der Waals surface area contributed by atoms with Gasteiger partial charge in [-0.05, 0) is 57.3 Å². The second-order valence-electron chi connectivity index (χ2n) is 11.4. The van der Waals surface area contributed by atoms with Crippen LogP contribution in [0.5, 0.6) is 0 Å². The summed E-state index contributed by atoms with van der Waals surface area (Å²) >= 11 is 0. The minimum atomic E-state index is -1.93. The standard InChI is InChI=1S/C26H39N3O4Si/c1-25(2,3)33-24(30)29-16-14-20(15-17-29)22(19-12-10-9-11-13-19)23-28-27-21(32-23)18-31-34(7,8)26(4,5)6/h9-13H,14-18H2,1-8H3. The summed E-state index contributed by atoms with van der Waals surface area (Å²) in [5.41, 5.74) is 2.68. The van der Waals surface area contributed by atoms with Gasteiger partial charge in [-0.1, -0.05) is 56.7 Å². The highest BCUT2D eigenvalue weighted by molar-refractivity contribution is 6.74. The number of hydrogen-bond donors (Lipinski definition) is 0. The van der Waals surface area contributed by atoms with Crippen LogP contribution >= 0.6 is 0 Å². The summed E-state index contributed by atoms with van der Waals surface area (Å²) < 4.78 is 17.9. The molecule has 1 fully saturated rings. The molecule has 3 rings (SSSR count). The minimum Gasteiger partial charge on any atom is -0.444 e. The van der Waals surface area contributed by atoms with Crippen LogP contribution in [0, 0.1) is 0 Å². The zero-order valence-corrected chi connectivity index (χ0v) is 22.9. The first-order chi connectivity index (χ1) is 15.8. The van der Waals surface area contributed by atoms with E-state index in [1.807, 2.05) is 39.0 Å². The van der Waals surface area contributed by atoms with E-state index in [0.717, 1.165) is 24.0 Å². The number of ether oxygens (including phenoxy) is 1. The molecule has 0 unspecified atom stereocenters. The molecule has 8 heteroatoms. The third-order valence-corrected chi connectivity index (χ3v) is 11.0. The molecule has 1 aromatic heterocycles. The Kier molecular flexibility index (Phi) is 7.72. The SMILES string of the molecule is CC(C)(C)OC(=O)N1CCC(=C(c2ccccc2)c2nnc(CO[Si](C)(C)C(C)(C)C)o2)CC1. The van der Waals surface area contributed by atoms with E-state index in [2.05, 4.69) is 56.2 Å². The van der Waals surface area contributed by atoms with Crippen molar-refractivity contribution in [1.82, 2.24) is 15.1 Å². The van der Waals surface area contributed by atoms with Gasteiger partial charge in [0.1, 0.15) is 12.2 Å². The van der Waals surface area contributed by atoms with Crippen molar-refractivity contribution in [2.75, 3.05) is 13.1 Å². The van der Waals surface area contributed by atoms with E-state index in [4.69, 9.17) is 13.6 Å². The molecule has 0 radical (unpaired) electrons. The van der Waals surface area contributed by atoms with Gasteiger partial charge in [0, 0.05) is 18.7 Å². The quantitative estimate of drug-likeness (QED) is 0.455. The summed E-state index contributed by atoms with van der Waals surface area (Å²) in [5, 5.41) is 8.78. The number of rotatable bonds is 5. The van der Waals surface area contributed by atoms with Crippen molar-refractivity contribution < 1.29 is 18.4 Å². The van der Waals surface area contributed by atoms with Gasteiger partial charge in [0.15, 0.2) is 8.32 Å². The number of carbonyl (C=O) groups excluding carboxylic acids is 1. The number of likely N-dealkylation sites (tertiary alicyclic amines) is 1. The molecule has 0 atom stereocenters. The maximum absolute atomic E-state index is 12.5. The lowest BCUT2D eigenvalue weighted by atomic mass is 9.93. The average molecular weight is 486 g/mol. The summed E-state index contributed by atoms with van der Waals surface area (Å²) in [5.74, 6) is 0.987. The molecule has 0 N–H and O–H groups in total. The molecule has 0 saturated carbocycles. The highest BCUT2D eigenvalue weighted by Gasteiger charge is 2.37. The molecule has 0 aliphatic carbocycles. The van der Waals surface area contributed by atoms with Gasteiger partial charge in [0.25, 0.3) is 0 Å². The van der Waals surface area contributed by atoms with E-state index in [0.29, 0.717) is 31.5 Å². The van der Waals surface area contributed by atoms with E-state index >= 15 is 0 Å². The summed E-state index contributed by atoms with van der Waals surface area (Å²) in [7, 11) is -1.93. The second-order valence-corrected chi connectivity index (χ2v) is 16.2. The molecule has 1 aromatic carbocycles. The minimum absolute atomic E-state index is 0.106. The number of nitrogens with zero attached hydrogens (tertiary/aromatic N) is 3. The van der Waals surface area contributed by atoms with E-state index in [-0.39, 0.29) is 11.1 Å². The van der Waals surface area contributed by atoms with E-state index in [1.54, 1.807) is 4.90 Å². The maximum Gasteiger partial charge on any atom is 0.410 e. The third-order valence-electron chi connectivity index (χ3n) is 6.48. The molecule has 1 saturated heterocycles. The maximum atomic E-state index is 12.5. The molecule has 1 aliphatic rings. The van der Waals surface area contributed by atoms with Gasteiger partial charge in [0.05, 0.1) is 0 Å². The highest BCUT2D eigenvalue weighted by atomic mass is 28.4. The Morgan fingerprint density at radius 3 is 2.21 bits per heavy atom. The fraction of sp³-hybridized carbons (Fsp3) is 0.577. The van der Waals surface area contributed by atoms with Crippen LogP contribution in [0.4, 0.5) is 4.79 Å². The van der Waals surface area contributed by atoms with Crippen molar-refractivity contribution in [3.8, 4) is 0 Å². The van der Waals surface area contributed by atoms with Crippen molar-refractivity contribution in [1.29, 1.82) is 0 Å². The Morgan fingerprint density at radius 1 is 1.03 bits per heavy atom. The van der Waals surface area contributed by atoms with Crippen molar-refractivity contribution in [2.45, 2.75) is 84.7 Å². The zero-order valence-electron chi connectivity index (χ0n) is 21.9. The van der Waals surface area contributed by atoms with Gasteiger partial charge in [0.2, 0.25) is 11.8 Å². The zero-order chi connectivity index (χ0) is 25.1. The van der Waals surface area contributed by atoms with Crippen LogP contribution in [-0.2, 0) is 15.8 Å². The number of benzene rings is 1. The molecule has 2 heterocycles. The Hall–Kier alpha value is -2.45. The average Bonchev–Trinajstić information content (AvgIpc) is 3.20. The van der Waals surface area contributed by atoms with Crippen LogP contribution in [0.25, 0.3) is 5.57 Å². The van der Waals surface area contributed by atoms with Crippen molar-refractivity contribution in [2.24, 2.45) is 0 Å². The first-order valence-corrected chi connectivity index (χ1v) is 14.9. The lowest BCUT2D eigenvalue weighted by Crippen LogP contribution is -2.40. The molecule has 2 aromatic rings. The third kappa shape index (κ3) is 6.57. The lowest BCUT2D eigenvalue weighted by molar-refractivity contribution is 0.0236. The predicted octanol–water partition coefficient (Wildman–Crippen LogP) is 6.42. The van der Waals surface area contributed by atoms with Gasteiger partial charge in [-0.15, -0.1) is 10.2 Å². The topological polar surface area (TPSA) is 77.7 Å². The van der Waals surface area contributed by atoms with Crippen molar-refractivity contribution in [3.63, 3.8) is 0 Å². The number of amides is 1.